The van der Waals surface area contributed by atoms with Crippen molar-refractivity contribution in [1.29, 1.82) is 0 Å². The number of ether oxygens (including phenoxy) is 1. The molecule has 1 aliphatic rings. The maximum absolute atomic E-state index is 14.0. The average Bonchev–Trinajstić information content (AvgIpc) is 2.85. The van der Waals surface area contributed by atoms with Crippen LogP contribution < -0.4 is 10.6 Å². The van der Waals surface area contributed by atoms with Crippen molar-refractivity contribution in [3.63, 3.8) is 0 Å². The molecule has 3 rings (SSSR count). The van der Waals surface area contributed by atoms with Gasteiger partial charge in [-0.2, -0.15) is 0 Å². The number of para-hydroxylation sites is 1. The van der Waals surface area contributed by atoms with Crippen molar-refractivity contribution in [3.8, 4) is 0 Å². The summed E-state index contributed by atoms with van der Waals surface area (Å²) in [6.45, 7) is 5.39. The third kappa shape index (κ3) is 3.74. The molecule has 0 saturated carbocycles. The van der Waals surface area contributed by atoms with Gasteiger partial charge in [0.05, 0.1) is 12.0 Å². The second kappa shape index (κ2) is 7.07. The zero-order valence-electron chi connectivity index (χ0n) is 15.8. The molecule has 28 heavy (non-hydrogen) atoms. The van der Waals surface area contributed by atoms with Crippen molar-refractivity contribution >= 4 is 23.5 Å². The minimum Gasteiger partial charge on any atom is -0.440 e. The lowest BCUT2D eigenvalue weighted by molar-refractivity contribution is -0.142. The Kier molecular flexibility index (Phi) is 4.93. The molecule has 2 aromatic rings. The maximum atomic E-state index is 14.0. The van der Waals surface area contributed by atoms with E-state index >= 15 is 0 Å². The first kappa shape index (κ1) is 19.5. The predicted molar refractivity (Wildman–Crippen MR) is 101 cm³/mol. The van der Waals surface area contributed by atoms with E-state index in [1.54, 1.807) is 45.0 Å². The first-order valence-corrected chi connectivity index (χ1v) is 8.82. The van der Waals surface area contributed by atoms with Crippen LogP contribution in [0.2, 0.25) is 0 Å². The molecule has 0 saturated heterocycles. The summed E-state index contributed by atoms with van der Waals surface area (Å²) in [6.07, 6.45) is -0.423. The van der Waals surface area contributed by atoms with Crippen LogP contribution in [0, 0.1) is 5.82 Å². The third-order valence-electron chi connectivity index (χ3n) is 4.26. The van der Waals surface area contributed by atoms with Crippen molar-refractivity contribution in [2.24, 2.45) is 0 Å². The van der Waals surface area contributed by atoms with E-state index in [1.165, 1.54) is 18.2 Å². The summed E-state index contributed by atoms with van der Waals surface area (Å²) in [7, 11) is 0. The van der Waals surface area contributed by atoms with Gasteiger partial charge in [-0.25, -0.2) is 9.18 Å². The topological polar surface area (TPSA) is 84.5 Å². The van der Waals surface area contributed by atoms with Crippen LogP contribution in [0.4, 0.5) is 10.1 Å². The summed E-state index contributed by atoms with van der Waals surface area (Å²) >= 11 is 0. The molecule has 1 unspecified atom stereocenters. The quantitative estimate of drug-likeness (QED) is 0.793. The Labute approximate surface area is 162 Å². The van der Waals surface area contributed by atoms with Gasteiger partial charge in [-0.3, -0.25) is 9.59 Å². The van der Waals surface area contributed by atoms with E-state index < -0.39 is 41.2 Å². The van der Waals surface area contributed by atoms with Gasteiger partial charge in [-0.05, 0) is 39.0 Å². The van der Waals surface area contributed by atoms with Crippen molar-refractivity contribution in [3.05, 3.63) is 65.5 Å². The highest BCUT2D eigenvalue weighted by molar-refractivity contribution is 6.09. The molecule has 2 N–H and O–H groups in total. The molecule has 146 valence electrons. The summed E-state index contributed by atoms with van der Waals surface area (Å²) in [6, 6.07) is 11.9. The van der Waals surface area contributed by atoms with Gasteiger partial charge >= 0.3 is 5.97 Å². The second-order valence-electron chi connectivity index (χ2n) is 7.67. The molecule has 1 aliphatic heterocycles. The van der Waals surface area contributed by atoms with Crippen molar-refractivity contribution in [2.45, 2.75) is 38.3 Å². The zero-order valence-corrected chi connectivity index (χ0v) is 15.8. The summed E-state index contributed by atoms with van der Waals surface area (Å²) in [4.78, 5) is 38.1. The monoisotopic (exact) mass is 384 g/mol. The molecule has 7 heteroatoms. The maximum Gasteiger partial charge on any atom is 0.342 e. The average molecular weight is 384 g/mol. The predicted octanol–water partition coefficient (Wildman–Crippen LogP) is 3.13. The number of carbonyl (C=O) groups excluding carboxylic acids is 3. The largest absolute Gasteiger partial charge is 0.440 e. The van der Waals surface area contributed by atoms with E-state index in [9.17, 15) is 18.8 Å². The van der Waals surface area contributed by atoms with E-state index in [2.05, 4.69) is 10.6 Å². The third-order valence-corrected chi connectivity index (χ3v) is 4.26. The van der Waals surface area contributed by atoms with Crippen LogP contribution in [0.5, 0.6) is 0 Å². The Morgan fingerprint density at radius 2 is 1.75 bits per heavy atom. The molecular weight excluding hydrogens is 363 g/mol. The lowest BCUT2D eigenvalue weighted by Gasteiger charge is -2.29. The normalized spacial score (nSPS) is 18.2. The summed E-state index contributed by atoms with van der Waals surface area (Å²) < 4.78 is 19.6. The SMILES string of the molecule is CC(C)(C)NC(=O)CC1(OC(=O)c2ccccc2F)C(=O)Nc2ccccc21. The number of anilines is 1. The van der Waals surface area contributed by atoms with Crippen molar-refractivity contribution in [2.75, 3.05) is 5.32 Å². The molecular formula is C21H21FN2O4. The van der Waals surface area contributed by atoms with E-state index in [0.717, 1.165) is 6.07 Å². The number of nitrogens with one attached hydrogen (secondary N) is 2. The van der Waals surface area contributed by atoms with E-state index in [4.69, 9.17) is 4.74 Å². The minimum atomic E-state index is -1.88. The molecule has 1 atom stereocenters. The highest BCUT2D eigenvalue weighted by Crippen LogP contribution is 2.42. The van der Waals surface area contributed by atoms with Crippen LogP contribution >= 0.6 is 0 Å². The number of carbonyl (C=O) groups is 3. The summed E-state index contributed by atoms with van der Waals surface area (Å²) in [5, 5.41) is 5.40. The van der Waals surface area contributed by atoms with Crippen LogP contribution in [0.1, 0.15) is 43.1 Å². The summed E-state index contributed by atoms with van der Waals surface area (Å²) in [5.41, 5.74) is -1.94. The lowest BCUT2D eigenvalue weighted by atomic mass is 9.90. The van der Waals surface area contributed by atoms with Gasteiger partial charge < -0.3 is 15.4 Å². The number of rotatable bonds is 4. The molecule has 0 fully saturated rings. The van der Waals surface area contributed by atoms with Crippen LogP contribution in [-0.2, 0) is 19.9 Å². The molecule has 0 spiro atoms. The number of esters is 1. The number of benzene rings is 2. The first-order valence-electron chi connectivity index (χ1n) is 8.82. The molecule has 1 heterocycles. The number of hydrogen-bond acceptors (Lipinski definition) is 4. The number of halogens is 1. The second-order valence-corrected chi connectivity index (χ2v) is 7.67. The van der Waals surface area contributed by atoms with E-state index in [0.29, 0.717) is 11.3 Å². The molecule has 0 aromatic heterocycles. The number of hydrogen-bond donors (Lipinski definition) is 2. The van der Waals surface area contributed by atoms with E-state index in [-0.39, 0.29) is 5.56 Å². The molecule has 0 bridgehead atoms. The Morgan fingerprint density at radius 1 is 1.11 bits per heavy atom. The lowest BCUT2D eigenvalue weighted by Crippen LogP contribution is -2.47. The first-order chi connectivity index (χ1) is 13.1. The highest BCUT2D eigenvalue weighted by Gasteiger charge is 2.52. The summed E-state index contributed by atoms with van der Waals surface area (Å²) in [5.74, 6) is -2.91. The fraction of sp³-hybridized carbons (Fsp3) is 0.286. The molecule has 2 aromatic carbocycles. The molecule has 6 nitrogen and oxygen atoms in total. The highest BCUT2D eigenvalue weighted by atomic mass is 19.1. The van der Waals surface area contributed by atoms with Crippen LogP contribution in [-0.4, -0.2) is 23.3 Å². The standard InChI is InChI=1S/C21H21FN2O4/c1-20(2,3)24-17(25)12-21(14-9-5-7-11-16(14)23-19(21)27)28-18(26)13-8-4-6-10-15(13)22/h4-11H,12H2,1-3H3,(H,23,27)(H,24,25). The fourth-order valence-electron chi connectivity index (χ4n) is 3.13. The Hall–Kier alpha value is -3.22. The van der Waals surface area contributed by atoms with E-state index in [1.807, 2.05) is 0 Å². The fourth-order valence-corrected chi connectivity index (χ4v) is 3.13. The van der Waals surface area contributed by atoms with Crippen LogP contribution in [0.25, 0.3) is 0 Å². The van der Waals surface area contributed by atoms with Gasteiger partial charge in [-0.15, -0.1) is 0 Å². The molecule has 0 aliphatic carbocycles. The molecule has 2 amide bonds. The van der Waals surface area contributed by atoms with Crippen LogP contribution in [0.3, 0.4) is 0 Å². The number of fused-ring (bicyclic) bond motifs is 1. The van der Waals surface area contributed by atoms with Gasteiger partial charge in [-0.1, -0.05) is 30.3 Å². The Morgan fingerprint density at radius 3 is 2.43 bits per heavy atom. The van der Waals surface area contributed by atoms with Gasteiger partial charge in [0.1, 0.15) is 5.82 Å². The van der Waals surface area contributed by atoms with Crippen molar-refractivity contribution in [1.82, 2.24) is 5.32 Å². The minimum absolute atomic E-state index is 0.310. The van der Waals surface area contributed by atoms with Crippen LogP contribution in [0.15, 0.2) is 48.5 Å². The smallest absolute Gasteiger partial charge is 0.342 e. The van der Waals surface area contributed by atoms with Gasteiger partial charge in [0.25, 0.3) is 5.91 Å². The number of amides is 2. The van der Waals surface area contributed by atoms with Crippen molar-refractivity contribution < 1.29 is 23.5 Å². The Balaban J connectivity index is 2.01. The van der Waals surface area contributed by atoms with Gasteiger partial charge in [0.15, 0.2) is 0 Å². The Bertz CT molecular complexity index is 951. The molecule has 0 radical (unpaired) electrons. The van der Waals surface area contributed by atoms with Gasteiger partial charge in [0, 0.05) is 16.8 Å². The van der Waals surface area contributed by atoms with Gasteiger partial charge in [0.2, 0.25) is 11.5 Å². The zero-order chi connectivity index (χ0) is 20.5.